The van der Waals surface area contributed by atoms with Crippen molar-refractivity contribution in [2.75, 3.05) is 11.9 Å². The quantitative estimate of drug-likeness (QED) is 0.380. The van der Waals surface area contributed by atoms with E-state index in [1.54, 1.807) is 0 Å². The van der Waals surface area contributed by atoms with Crippen LogP contribution in [0.3, 0.4) is 0 Å². The van der Waals surface area contributed by atoms with Gasteiger partial charge in [0.05, 0.1) is 10.6 Å². The first-order valence-electron chi connectivity index (χ1n) is 8.10. The maximum Gasteiger partial charge on any atom is 0.374 e. The van der Waals surface area contributed by atoms with E-state index in [4.69, 9.17) is 9.15 Å². The summed E-state index contributed by atoms with van der Waals surface area (Å²) in [6.07, 6.45) is 0. The molecule has 0 radical (unpaired) electrons. The van der Waals surface area contributed by atoms with Crippen molar-refractivity contribution in [3.05, 3.63) is 82.1 Å². The van der Waals surface area contributed by atoms with Gasteiger partial charge in [-0.2, -0.15) is 0 Å². The minimum atomic E-state index is -0.969. The van der Waals surface area contributed by atoms with E-state index < -0.39 is 35.0 Å². The third-order valence-electron chi connectivity index (χ3n) is 3.71. The van der Waals surface area contributed by atoms with Crippen molar-refractivity contribution in [3.63, 3.8) is 0 Å². The number of furan rings is 1. The molecule has 0 bridgehead atoms. The molecule has 0 unspecified atom stereocenters. The molecule has 1 aromatic heterocycles. The summed E-state index contributed by atoms with van der Waals surface area (Å²) >= 11 is 0. The second-order valence-electron chi connectivity index (χ2n) is 5.72. The van der Waals surface area contributed by atoms with Crippen LogP contribution in [0.5, 0.6) is 0 Å². The molecule has 8 nitrogen and oxygen atoms in total. The standard InChI is InChI=1S/C19H12F2N2O6/c20-12-3-6-15(14(21)9-12)22-18(24)10-28-19(25)17-8-7-16(29-17)11-1-4-13(5-2-11)23(26)27/h1-9H,10H2,(H,22,24). The lowest BCUT2D eigenvalue weighted by atomic mass is 10.1. The molecule has 0 saturated heterocycles. The van der Waals surface area contributed by atoms with Crippen molar-refractivity contribution in [2.45, 2.75) is 0 Å². The lowest BCUT2D eigenvalue weighted by Crippen LogP contribution is -2.21. The van der Waals surface area contributed by atoms with Gasteiger partial charge in [-0.15, -0.1) is 0 Å². The van der Waals surface area contributed by atoms with Crippen LogP contribution in [0.15, 0.2) is 59.0 Å². The van der Waals surface area contributed by atoms with Gasteiger partial charge in [0.15, 0.2) is 6.61 Å². The summed E-state index contributed by atoms with van der Waals surface area (Å²) in [6.45, 7) is -0.719. The number of amides is 1. The first kappa shape index (κ1) is 19.7. The predicted octanol–water partition coefficient (Wildman–Crippen LogP) is 3.93. The van der Waals surface area contributed by atoms with Crippen molar-refractivity contribution >= 4 is 23.3 Å². The van der Waals surface area contributed by atoms with Crippen LogP contribution in [0.1, 0.15) is 10.6 Å². The molecule has 0 aliphatic carbocycles. The summed E-state index contributed by atoms with van der Waals surface area (Å²) in [7, 11) is 0. The molecular formula is C19H12F2N2O6. The Morgan fingerprint density at radius 2 is 1.79 bits per heavy atom. The monoisotopic (exact) mass is 402 g/mol. The highest BCUT2D eigenvalue weighted by Crippen LogP contribution is 2.25. The number of ether oxygens (including phenoxy) is 1. The average molecular weight is 402 g/mol. The summed E-state index contributed by atoms with van der Waals surface area (Å²) in [4.78, 5) is 33.9. The summed E-state index contributed by atoms with van der Waals surface area (Å²) in [5.41, 5.74) is 0.147. The van der Waals surface area contributed by atoms with Crippen molar-refractivity contribution in [1.82, 2.24) is 0 Å². The molecule has 0 aliphatic rings. The predicted molar refractivity (Wildman–Crippen MR) is 96.1 cm³/mol. The second kappa shape index (κ2) is 8.30. The summed E-state index contributed by atoms with van der Waals surface area (Å²) in [5, 5.41) is 12.8. The number of halogens is 2. The molecule has 1 N–H and O–H groups in total. The molecule has 2 aromatic carbocycles. The zero-order valence-corrected chi connectivity index (χ0v) is 14.6. The van der Waals surface area contributed by atoms with Gasteiger partial charge in [-0.3, -0.25) is 14.9 Å². The number of rotatable bonds is 6. The molecule has 0 aliphatic heterocycles. The van der Waals surface area contributed by atoms with Crippen molar-refractivity contribution in [1.29, 1.82) is 0 Å². The highest BCUT2D eigenvalue weighted by Gasteiger charge is 2.17. The molecule has 3 rings (SSSR count). The normalized spacial score (nSPS) is 10.4. The maximum absolute atomic E-state index is 13.5. The van der Waals surface area contributed by atoms with Crippen LogP contribution in [-0.2, 0) is 9.53 Å². The van der Waals surface area contributed by atoms with E-state index in [0.29, 0.717) is 11.6 Å². The molecule has 0 spiro atoms. The molecule has 10 heteroatoms. The number of esters is 1. The molecule has 1 amide bonds. The Bertz CT molecular complexity index is 1080. The number of nitrogens with one attached hydrogen (secondary N) is 1. The second-order valence-corrected chi connectivity index (χ2v) is 5.72. The van der Waals surface area contributed by atoms with Gasteiger partial charge in [-0.25, -0.2) is 13.6 Å². The molecule has 1 heterocycles. The Balaban J connectivity index is 1.58. The van der Waals surface area contributed by atoms with Crippen LogP contribution >= 0.6 is 0 Å². The van der Waals surface area contributed by atoms with E-state index in [0.717, 1.165) is 12.1 Å². The third kappa shape index (κ3) is 4.80. The minimum Gasteiger partial charge on any atom is -0.450 e. The third-order valence-corrected chi connectivity index (χ3v) is 3.71. The lowest BCUT2D eigenvalue weighted by Gasteiger charge is -2.06. The highest BCUT2D eigenvalue weighted by molar-refractivity contribution is 5.94. The van der Waals surface area contributed by atoms with Gasteiger partial charge in [0.2, 0.25) is 5.76 Å². The number of carbonyl (C=O) groups excluding carboxylic acids is 2. The molecular weight excluding hydrogens is 390 g/mol. The number of nitro groups is 1. The topological polar surface area (TPSA) is 112 Å². The molecule has 29 heavy (non-hydrogen) atoms. The van der Waals surface area contributed by atoms with Crippen molar-refractivity contribution < 1.29 is 32.4 Å². The van der Waals surface area contributed by atoms with Gasteiger partial charge in [0.1, 0.15) is 17.4 Å². The Morgan fingerprint density at radius 3 is 2.45 bits per heavy atom. The average Bonchev–Trinajstić information content (AvgIpc) is 3.19. The van der Waals surface area contributed by atoms with Gasteiger partial charge < -0.3 is 14.5 Å². The summed E-state index contributed by atoms with van der Waals surface area (Å²) in [5.74, 6) is -3.46. The zero-order valence-electron chi connectivity index (χ0n) is 14.6. The first-order chi connectivity index (χ1) is 13.8. The number of non-ortho nitro benzene ring substituents is 1. The number of benzene rings is 2. The molecule has 0 saturated carbocycles. The Labute approximate surface area is 161 Å². The SMILES string of the molecule is O=C(COC(=O)c1ccc(-c2ccc([N+](=O)[O-])cc2)o1)Nc1ccc(F)cc1F. The molecule has 148 valence electrons. The van der Waals surface area contributed by atoms with Crippen molar-refractivity contribution in [3.8, 4) is 11.3 Å². The van der Waals surface area contributed by atoms with Crippen LogP contribution in [-0.4, -0.2) is 23.4 Å². The number of hydrogen-bond donors (Lipinski definition) is 1. The van der Waals surface area contributed by atoms with E-state index in [1.807, 2.05) is 0 Å². The molecule has 3 aromatic rings. The van der Waals surface area contributed by atoms with E-state index in [9.17, 15) is 28.5 Å². The lowest BCUT2D eigenvalue weighted by molar-refractivity contribution is -0.384. The first-order valence-corrected chi connectivity index (χ1v) is 8.10. The fourth-order valence-corrected chi connectivity index (χ4v) is 2.33. The minimum absolute atomic E-state index is 0.0939. The smallest absolute Gasteiger partial charge is 0.374 e. The van der Waals surface area contributed by atoms with Crippen LogP contribution in [0, 0.1) is 21.7 Å². The fraction of sp³-hybridized carbons (Fsp3) is 0.0526. The molecule has 0 atom stereocenters. The Hall–Kier alpha value is -4.08. The zero-order chi connectivity index (χ0) is 21.0. The van der Waals surface area contributed by atoms with Crippen LogP contribution in [0.4, 0.5) is 20.2 Å². The summed E-state index contributed by atoms with van der Waals surface area (Å²) in [6, 6.07) is 10.9. The Morgan fingerprint density at radius 1 is 1.07 bits per heavy atom. The van der Waals surface area contributed by atoms with Gasteiger partial charge in [-0.1, -0.05) is 0 Å². The number of nitro benzene ring substituents is 1. The van der Waals surface area contributed by atoms with Crippen LogP contribution in [0.25, 0.3) is 11.3 Å². The molecule has 0 fully saturated rings. The van der Waals surface area contributed by atoms with Gasteiger partial charge >= 0.3 is 5.97 Å². The summed E-state index contributed by atoms with van der Waals surface area (Å²) < 4.78 is 36.5. The van der Waals surface area contributed by atoms with E-state index in [2.05, 4.69) is 5.32 Å². The van der Waals surface area contributed by atoms with Gasteiger partial charge in [0, 0.05) is 23.8 Å². The number of anilines is 1. The number of carbonyl (C=O) groups is 2. The van der Waals surface area contributed by atoms with Crippen molar-refractivity contribution in [2.24, 2.45) is 0 Å². The largest absolute Gasteiger partial charge is 0.450 e. The van der Waals surface area contributed by atoms with E-state index >= 15 is 0 Å². The van der Waals surface area contributed by atoms with Crippen LogP contribution < -0.4 is 5.32 Å². The van der Waals surface area contributed by atoms with E-state index in [-0.39, 0.29) is 22.9 Å². The van der Waals surface area contributed by atoms with E-state index in [1.165, 1.54) is 36.4 Å². The fourth-order valence-electron chi connectivity index (χ4n) is 2.33. The highest BCUT2D eigenvalue weighted by atomic mass is 19.1. The maximum atomic E-state index is 13.5. The number of hydrogen-bond acceptors (Lipinski definition) is 6. The Kier molecular flexibility index (Phi) is 5.63. The van der Waals surface area contributed by atoms with Gasteiger partial charge in [-0.05, 0) is 36.4 Å². The number of nitrogens with zero attached hydrogens (tertiary/aromatic N) is 1. The van der Waals surface area contributed by atoms with Gasteiger partial charge in [0.25, 0.3) is 11.6 Å². The van der Waals surface area contributed by atoms with Crippen LogP contribution in [0.2, 0.25) is 0 Å².